The van der Waals surface area contributed by atoms with Crippen molar-refractivity contribution in [2.45, 2.75) is 57.7 Å². The molecule has 2 fully saturated rings. The second kappa shape index (κ2) is 10.3. The largest absolute Gasteiger partial charge is 0.493 e. The molecule has 0 radical (unpaired) electrons. The number of carbonyl (C=O) groups is 2. The number of hydrogen-bond donors (Lipinski definition) is 4. The minimum Gasteiger partial charge on any atom is -0.493 e. The van der Waals surface area contributed by atoms with Gasteiger partial charge in [0.25, 0.3) is 0 Å². The van der Waals surface area contributed by atoms with E-state index in [2.05, 4.69) is 20.7 Å². The fourth-order valence-corrected chi connectivity index (χ4v) is 4.68. The molecule has 9 nitrogen and oxygen atoms in total. The smallest absolute Gasteiger partial charge is 0.324 e. The van der Waals surface area contributed by atoms with E-state index in [4.69, 9.17) is 4.74 Å². The lowest BCUT2D eigenvalue weighted by Crippen LogP contribution is -2.61. The molecule has 1 heterocycles. The van der Waals surface area contributed by atoms with Crippen LogP contribution in [0.4, 0.5) is 14.0 Å². The second-order valence-electron chi connectivity index (χ2n) is 8.11. The zero-order chi connectivity index (χ0) is 22.4. The highest BCUT2D eigenvalue weighted by atomic mass is 32.2. The van der Waals surface area contributed by atoms with Crippen LogP contribution in [0.2, 0.25) is 0 Å². The first-order chi connectivity index (χ1) is 14.7. The van der Waals surface area contributed by atoms with Crippen LogP contribution in [0.1, 0.15) is 57.1 Å². The van der Waals surface area contributed by atoms with Crippen molar-refractivity contribution in [3.8, 4) is 5.75 Å². The van der Waals surface area contributed by atoms with Crippen LogP contribution in [0.15, 0.2) is 18.2 Å². The standard InChI is InChI=1S/C20H29FN4O5S/c1-13(15-9-16(21)11-17(10-15)30-12-14-6-7-14)25-31(28,29)8-4-2-3-5-18-22-19(26)24-20(27)23-18/h9-11,13-14,18,25H,2-8,12H2,1H3,(H3,22,23,24,26,27)/t13-/m1/s1. The molecule has 1 aromatic rings. The Morgan fingerprint density at radius 3 is 2.52 bits per heavy atom. The zero-order valence-corrected chi connectivity index (χ0v) is 18.3. The first kappa shape index (κ1) is 23.3. The zero-order valence-electron chi connectivity index (χ0n) is 17.4. The van der Waals surface area contributed by atoms with Gasteiger partial charge in [-0.05, 0) is 62.6 Å². The van der Waals surface area contributed by atoms with Crippen LogP contribution in [-0.2, 0) is 10.0 Å². The summed E-state index contributed by atoms with van der Waals surface area (Å²) in [6, 6.07) is 2.59. The van der Waals surface area contributed by atoms with Crippen molar-refractivity contribution < 1.29 is 27.1 Å². The maximum absolute atomic E-state index is 13.9. The van der Waals surface area contributed by atoms with Gasteiger partial charge in [-0.1, -0.05) is 6.42 Å². The molecule has 172 valence electrons. The summed E-state index contributed by atoms with van der Waals surface area (Å²) < 4.78 is 46.9. The summed E-state index contributed by atoms with van der Waals surface area (Å²) in [7, 11) is -3.56. The van der Waals surface area contributed by atoms with Crippen molar-refractivity contribution in [1.29, 1.82) is 0 Å². The van der Waals surface area contributed by atoms with E-state index in [0.29, 0.717) is 49.5 Å². The number of unbranched alkanes of at least 4 members (excludes halogenated alkanes) is 2. The number of nitrogens with one attached hydrogen (secondary N) is 4. The maximum Gasteiger partial charge on any atom is 0.324 e. The quantitative estimate of drug-likeness (QED) is 0.360. The summed E-state index contributed by atoms with van der Waals surface area (Å²) in [4.78, 5) is 22.5. The Labute approximate surface area is 181 Å². The van der Waals surface area contributed by atoms with E-state index in [0.717, 1.165) is 12.8 Å². The van der Waals surface area contributed by atoms with Gasteiger partial charge in [-0.25, -0.2) is 27.1 Å². The number of ether oxygens (including phenoxy) is 1. The summed E-state index contributed by atoms with van der Waals surface area (Å²) in [5.41, 5.74) is 0.506. The SMILES string of the molecule is C[C@@H](NS(=O)(=O)CCCCCC1NC(=O)NC(=O)N1)c1cc(F)cc(OCC2CC2)c1. The van der Waals surface area contributed by atoms with E-state index < -0.39 is 40.1 Å². The van der Waals surface area contributed by atoms with Gasteiger partial charge in [-0.2, -0.15) is 0 Å². The van der Waals surface area contributed by atoms with Crippen LogP contribution in [0.5, 0.6) is 5.75 Å². The maximum atomic E-state index is 13.9. The van der Waals surface area contributed by atoms with Crippen molar-refractivity contribution >= 4 is 22.1 Å². The molecule has 1 aromatic carbocycles. The Balaban J connectivity index is 1.41. The van der Waals surface area contributed by atoms with Crippen molar-refractivity contribution in [3.05, 3.63) is 29.6 Å². The average molecular weight is 457 g/mol. The van der Waals surface area contributed by atoms with Gasteiger partial charge in [0.1, 0.15) is 17.7 Å². The molecular weight excluding hydrogens is 427 g/mol. The molecule has 11 heteroatoms. The number of halogens is 1. The Bertz CT molecular complexity index is 891. The van der Waals surface area contributed by atoms with Gasteiger partial charge in [0.05, 0.1) is 12.4 Å². The minimum atomic E-state index is -3.56. The van der Waals surface area contributed by atoms with E-state index in [1.807, 2.05) is 0 Å². The van der Waals surface area contributed by atoms with Gasteiger partial charge in [-0.15, -0.1) is 0 Å². The van der Waals surface area contributed by atoms with Crippen molar-refractivity contribution in [2.75, 3.05) is 12.4 Å². The third kappa shape index (κ3) is 7.98. The molecule has 2 aliphatic rings. The number of amides is 4. The predicted octanol–water partition coefficient (Wildman–Crippen LogP) is 2.50. The van der Waals surface area contributed by atoms with Crippen LogP contribution in [0.25, 0.3) is 0 Å². The van der Waals surface area contributed by atoms with Gasteiger partial charge >= 0.3 is 12.1 Å². The highest BCUT2D eigenvalue weighted by Gasteiger charge is 2.23. The van der Waals surface area contributed by atoms with E-state index in [1.165, 1.54) is 12.1 Å². The molecule has 1 aliphatic heterocycles. The van der Waals surface area contributed by atoms with Crippen molar-refractivity contribution in [2.24, 2.45) is 5.92 Å². The van der Waals surface area contributed by atoms with E-state index >= 15 is 0 Å². The molecule has 1 aliphatic carbocycles. The van der Waals surface area contributed by atoms with E-state index in [-0.39, 0.29) is 5.75 Å². The topological polar surface area (TPSA) is 126 Å². The van der Waals surface area contributed by atoms with Crippen molar-refractivity contribution in [1.82, 2.24) is 20.7 Å². The Morgan fingerprint density at radius 1 is 1.13 bits per heavy atom. The predicted molar refractivity (Wildman–Crippen MR) is 112 cm³/mol. The lowest BCUT2D eigenvalue weighted by molar-refractivity contribution is 0.207. The number of sulfonamides is 1. The molecule has 4 amide bonds. The molecule has 0 unspecified atom stereocenters. The normalized spacial score (nSPS) is 18.1. The lowest BCUT2D eigenvalue weighted by Gasteiger charge is -2.24. The van der Waals surface area contributed by atoms with Gasteiger partial charge < -0.3 is 15.4 Å². The summed E-state index contributed by atoms with van der Waals surface area (Å²) in [6.07, 6.45) is 3.98. The molecule has 4 N–H and O–H groups in total. The summed E-state index contributed by atoms with van der Waals surface area (Å²) >= 11 is 0. The number of rotatable bonds is 12. The summed E-state index contributed by atoms with van der Waals surface area (Å²) in [5.74, 6) is 0.407. The number of imide groups is 1. The lowest BCUT2D eigenvalue weighted by atomic mass is 10.1. The van der Waals surface area contributed by atoms with E-state index in [1.54, 1.807) is 13.0 Å². The fourth-order valence-electron chi connectivity index (χ4n) is 3.30. The molecule has 1 atom stereocenters. The number of hydrogen-bond acceptors (Lipinski definition) is 5. The highest BCUT2D eigenvalue weighted by molar-refractivity contribution is 7.89. The number of urea groups is 2. The second-order valence-corrected chi connectivity index (χ2v) is 9.98. The molecule has 31 heavy (non-hydrogen) atoms. The average Bonchev–Trinajstić information content (AvgIpc) is 3.49. The van der Waals surface area contributed by atoms with Crippen LogP contribution < -0.4 is 25.4 Å². The van der Waals surface area contributed by atoms with Crippen LogP contribution in [-0.4, -0.2) is 39.0 Å². The summed E-state index contributed by atoms with van der Waals surface area (Å²) in [6.45, 7) is 2.22. The number of benzene rings is 1. The molecule has 0 aromatic heterocycles. The first-order valence-corrected chi connectivity index (χ1v) is 12.2. The van der Waals surface area contributed by atoms with Gasteiger partial charge in [0, 0.05) is 12.1 Å². The van der Waals surface area contributed by atoms with Gasteiger partial charge in [0.2, 0.25) is 10.0 Å². The van der Waals surface area contributed by atoms with Gasteiger partial charge in [-0.3, -0.25) is 5.32 Å². The van der Waals surface area contributed by atoms with Crippen LogP contribution >= 0.6 is 0 Å². The Morgan fingerprint density at radius 2 is 1.84 bits per heavy atom. The molecular formula is C20H29FN4O5S. The number of carbonyl (C=O) groups excluding carboxylic acids is 2. The Hall–Kier alpha value is -2.40. The summed E-state index contributed by atoms with van der Waals surface area (Å²) in [5, 5.41) is 7.21. The third-order valence-corrected chi connectivity index (χ3v) is 6.71. The molecule has 3 rings (SSSR count). The van der Waals surface area contributed by atoms with Gasteiger partial charge in [0.15, 0.2) is 0 Å². The molecule has 0 bridgehead atoms. The fraction of sp³-hybridized carbons (Fsp3) is 0.600. The van der Waals surface area contributed by atoms with Crippen LogP contribution in [0, 0.1) is 11.7 Å². The highest BCUT2D eigenvalue weighted by Crippen LogP contribution is 2.30. The van der Waals surface area contributed by atoms with E-state index in [9.17, 15) is 22.4 Å². The molecule has 1 saturated heterocycles. The molecule has 1 saturated carbocycles. The van der Waals surface area contributed by atoms with Crippen molar-refractivity contribution in [3.63, 3.8) is 0 Å². The first-order valence-electron chi connectivity index (χ1n) is 10.5. The monoisotopic (exact) mass is 456 g/mol. The Kier molecular flexibility index (Phi) is 7.71. The third-order valence-electron chi connectivity index (χ3n) is 5.18. The molecule has 0 spiro atoms. The van der Waals surface area contributed by atoms with Crippen LogP contribution in [0.3, 0.4) is 0 Å². The minimum absolute atomic E-state index is 0.0668.